The normalized spacial score (nSPS) is 10.0. The van der Waals surface area contributed by atoms with E-state index in [4.69, 9.17) is 4.74 Å². The number of hydrogen-bond acceptors (Lipinski definition) is 3. The van der Waals surface area contributed by atoms with Gasteiger partial charge in [0.15, 0.2) is 6.61 Å². The molecule has 2 aromatic rings. The highest BCUT2D eigenvalue weighted by atomic mass is 16.5. The van der Waals surface area contributed by atoms with E-state index in [0.717, 1.165) is 16.9 Å². The van der Waals surface area contributed by atoms with Gasteiger partial charge in [0.2, 0.25) is 0 Å². The number of ether oxygens (including phenoxy) is 1. The maximum atomic E-state index is 11.7. The first-order valence-corrected chi connectivity index (χ1v) is 6.06. The van der Waals surface area contributed by atoms with E-state index in [-0.39, 0.29) is 12.5 Å². The Bertz CT molecular complexity index is 565. The Balaban J connectivity index is 1.88. The zero-order chi connectivity index (χ0) is 13.7. The van der Waals surface area contributed by atoms with Crippen LogP contribution in [-0.4, -0.2) is 17.5 Å². The molecular weight excluding hydrogens is 240 g/mol. The van der Waals surface area contributed by atoms with Gasteiger partial charge in [-0.3, -0.25) is 4.79 Å². The van der Waals surface area contributed by atoms with Gasteiger partial charge in [0, 0.05) is 6.20 Å². The standard InChI is InChI=1S/C15H16N2O2/c1-11-7-8-14(16-9-11)17-15(18)10-19-13-6-4-3-5-12(13)2/h3-9H,10H2,1-2H3,(H,16,17,18). The first-order chi connectivity index (χ1) is 9.15. The molecule has 0 fully saturated rings. The Morgan fingerprint density at radius 1 is 1.21 bits per heavy atom. The number of nitrogens with zero attached hydrogens (tertiary/aromatic N) is 1. The molecule has 19 heavy (non-hydrogen) atoms. The molecule has 1 aromatic heterocycles. The first kappa shape index (κ1) is 13.1. The summed E-state index contributed by atoms with van der Waals surface area (Å²) in [6, 6.07) is 11.2. The molecule has 0 spiro atoms. The predicted octanol–water partition coefficient (Wildman–Crippen LogP) is 2.72. The van der Waals surface area contributed by atoms with Gasteiger partial charge in [-0.05, 0) is 37.1 Å². The second kappa shape index (κ2) is 6.00. The van der Waals surface area contributed by atoms with Crippen molar-refractivity contribution in [3.63, 3.8) is 0 Å². The first-order valence-electron chi connectivity index (χ1n) is 6.06. The number of rotatable bonds is 4. The summed E-state index contributed by atoms with van der Waals surface area (Å²) in [5, 5.41) is 2.68. The molecule has 98 valence electrons. The van der Waals surface area contributed by atoms with E-state index < -0.39 is 0 Å². The van der Waals surface area contributed by atoms with E-state index in [1.807, 2.05) is 44.2 Å². The quantitative estimate of drug-likeness (QED) is 0.915. The fourth-order valence-corrected chi connectivity index (χ4v) is 1.58. The van der Waals surface area contributed by atoms with Gasteiger partial charge in [-0.1, -0.05) is 24.3 Å². The number of anilines is 1. The lowest BCUT2D eigenvalue weighted by Crippen LogP contribution is -2.20. The lowest BCUT2D eigenvalue weighted by molar-refractivity contribution is -0.118. The van der Waals surface area contributed by atoms with Crippen LogP contribution >= 0.6 is 0 Å². The monoisotopic (exact) mass is 256 g/mol. The molecule has 0 radical (unpaired) electrons. The number of amides is 1. The van der Waals surface area contributed by atoms with Gasteiger partial charge in [-0.2, -0.15) is 0 Å². The minimum Gasteiger partial charge on any atom is -0.483 e. The van der Waals surface area contributed by atoms with E-state index in [1.54, 1.807) is 12.3 Å². The van der Waals surface area contributed by atoms with E-state index in [1.165, 1.54) is 0 Å². The van der Waals surface area contributed by atoms with Crippen molar-refractivity contribution in [3.05, 3.63) is 53.7 Å². The van der Waals surface area contributed by atoms with E-state index in [9.17, 15) is 4.79 Å². The number of pyridine rings is 1. The molecule has 1 heterocycles. The minimum absolute atomic E-state index is 0.0274. The average molecular weight is 256 g/mol. The van der Waals surface area contributed by atoms with Crippen molar-refractivity contribution in [1.82, 2.24) is 4.98 Å². The fraction of sp³-hybridized carbons (Fsp3) is 0.200. The van der Waals surface area contributed by atoms with Crippen molar-refractivity contribution in [3.8, 4) is 5.75 Å². The second-order valence-electron chi connectivity index (χ2n) is 4.32. The van der Waals surface area contributed by atoms with Crippen molar-refractivity contribution in [2.75, 3.05) is 11.9 Å². The predicted molar refractivity (Wildman–Crippen MR) is 74.3 cm³/mol. The zero-order valence-corrected chi connectivity index (χ0v) is 11.0. The van der Waals surface area contributed by atoms with Gasteiger partial charge in [-0.15, -0.1) is 0 Å². The van der Waals surface area contributed by atoms with Gasteiger partial charge in [0.1, 0.15) is 11.6 Å². The summed E-state index contributed by atoms with van der Waals surface area (Å²) < 4.78 is 5.45. The highest BCUT2D eigenvalue weighted by Gasteiger charge is 2.05. The molecule has 0 saturated heterocycles. The molecule has 0 bridgehead atoms. The van der Waals surface area contributed by atoms with Crippen molar-refractivity contribution < 1.29 is 9.53 Å². The highest BCUT2D eigenvalue weighted by Crippen LogP contribution is 2.15. The summed E-state index contributed by atoms with van der Waals surface area (Å²) >= 11 is 0. The number of aryl methyl sites for hydroxylation is 2. The lowest BCUT2D eigenvalue weighted by Gasteiger charge is -2.09. The molecule has 1 amide bonds. The molecule has 0 atom stereocenters. The minimum atomic E-state index is -0.223. The summed E-state index contributed by atoms with van der Waals surface area (Å²) in [5.41, 5.74) is 2.05. The van der Waals surface area contributed by atoms with Crippen LogP contribution in [0.15, 0.2) is 42.6 Å². The van der Waals surface area contributed by atoms with Crippen molar-refractivity contribution in [2.24, 2.45) is 0 Å². The van der Waals surface area contributed by atoms with Gasteiger partial charge in [0.25, 0.3) is 5.91 Å². The van der Waals surface area contributed by atoms with E-state index >= 15 is 0 Å². The molecule has 2 rings (SSSR count). The summed E-state index contributed by atoms with van der Waals surface area (Å²) in [5.74, 6) is 1.03. The third-order valence-electron chi connectivity index (χ3n) is 2.63. The maximum absolute atomic E-state index is 11.7. The Hall–Kier alpha value is -2.36. The van der Waals surface area contributed by atoms with Crippen LogP contribution < -0.4 is 10.1 Å². The van der Waals surface area contributed by atoms with Gasteiger partial charge >= 0.3 is 0 Å². The number of hydrogen-bond donors (Lipinski definition) is 1. The average Bonchev–Trinajstić information content (AvgIpc) is 2.40. The van der Waals surface area contributed by atoms with Crippen LogP contribution in [0.5, 0.6) is 5.75 Å². The molecule has 4 heteroatoms. The Kier molecular flexibility index (Phi) is 4.13. The van der Waals surface area contributed by atoms with Crippen LogP contribution in [0.1, 0.15) is 11.1 Å². The lowest BCUT2D eigenvalue weighted by atomic mass is 10.2. The zero-order valence-electron chi connectivity index (χ0n) is 11.0. The van der Waals surface area contributed by atoms with Crippen LogP contribution in [0.4, 0.5) is 5.82 Å². The summed E-state index contributed by atoms with van der Waals surface area (Å²) in [6.45, 7) is 3.86. The van der Waals surface area contributed by atoms with Crippen molar-refractivity contribution >= 4 is 11.7 Å². The van der Waals surface area contributed by atoms with Crippen LogP contribution in [0.25, 0.3) is 0 Å². The van der Waals surface area contributed by atoms with Crippen LogP contribution in [0.2, 0.25) is 0 Å². The Labute approximate surface area is 112 Å². The second-order valence-corrected chi connectivity index (χ2v) is 4.32. The molecule has 0 aliphatic carbocycles. The number of carbonyl (C=O) groups excluding carboxylic acids is 1. The maximum Gasteiger partial charge on any atom is 0.263 e. The van der Waals surface area contributed by atoms with E-state index in [2.05, 4.69) is 10.3 Å². The molecule has 0 aliphatic heterocycles. The highest BCUT2D eigenvalue weighted by molar-refractivity contribution is 5.90. The van der Waals surface area contributed by atoms with Crippen molar-refractivity contribution in [1.29, 1.82) is 0 Å². The molecule has 0 saturated carbocycles. The fourth-order valence-electron chi connectivity index (χ4n) is 1.58. The third kappa shape index (κ3) is 3.81. The molecule has 0 aliphatic rings. The number of para-hydroxylation sites is 1. The van der Waals surface area contributed by atoms with Crippen LogP contribution in [0, 0.1) is 13.8 Å². The summed E-state index contributed by atoms with van der Waals surface area (Å²) in [4.78, 5) is 15.8. The molecule has 0 unspecified atom stereocenters. The molecular formula is C15H16N2O2. The third-order valence-corrected chi connectivity index (χ3v) is 2.63. The van der Waals surface area contributed by atoms with Gasteiger partial charge in [-0.25, -0.2) is 4.98 Å². The molecule has 4 nitrogen and oxygen atoms in total. The SMILES string of the molecule is Cc1ccc(NC(=O)COc2ccccc2C)nc1. The largest absolute Gasteiger partial charge is 0.483 e. The topological polar surface area (TPSA) is 51.2 Å². The van der Waals surface area contributed by atoms with Gasteiger partial charge < -0.3 is 10.1 Å². The van der Waals surface area contributed by atoms with E-state index in [0.29, 0.717) is 5.82 Å². The molecule has 1 N–H and O–H groups in total. The number of benzene rings is 1. The summed E-state index contributed by atoms with van der Waals surface area (Å²) in [6.07, 6.45) is 1.71. The molecule has 1 aromatic carbocycles. The smallest absolute Gasteiger partial charge is 0.263 e. The number of nitrogens with one attached hydrogen (secondary N) is 1. The van der Waals surface area contributed by atoms with Gasteiger partial charge in [0.05, 0.1) is 0 Å². The van der Waals surface area contributed by atoms with Crippen molar-refractivity contribution in [2.45, 2.75) is 13.8 Å². The number of aromatic nitrogens is 1. The van der Waals surface area contributed by atoms with Crippen LogP contribution in [0.3, 0.4) is 0 Å². The Morgan fingerprint density at radius 3 is 2.68 bits per heavy atom. The summed E-state index contributed by atoms with van der Waals surface area (Å²) in [7, 11) is 0. The number of carbonyl (C=O) groups is 1. The van der Waals surface area contributed by atoms with Crippen LogP contribution in [-0.2, 0) is 4.79 Å². The Morgan fingerprint density at radius 2 is 2.00 bits per heavy atom.